The van der Waals surface area contributed by atoms with Crippen LogP contribution in [0, 0.1) is 5.92 Å². The number of aliphatic carboxylic acids is 1. The Hall–Kier alpha value is -4.80. The molecule has 0 radical (unpaired) electrons. The highest BCUT2D eigenvalue weighted by Crippen LogP contribution is 2.25. The van der Waals surface area contributed by atoms with Crippen LogP contribution in [-0.4, -0.2) is 45.8 Å². The van der Waals surface area contributed by atoms with Crippen LogP contribution in [0.5, 0.6) is 0 Å². The maximum absolute atomic E-state index is 12.8. The zero-order chi connectivity index (χ0) is 29.1. The number of nitrogens with zero attached hydrogens (tertiary/aromatic N) is 1. The number of hydrogen-bond donors (Lipinski definition) is 4. The van der Waals surface area contributed by atoms with Crippen LogP contribution in [0.25, 0.3) is 22.4 Å². The van der Waals surface area contributed by atoms with Gasteiger partial charge in [0.15, 0.2) is 5.78 Å². The van der Waals surface area contributed by atoms with Crippen LogP contribution in [0.1, 0.15) is 44.3 Å². The molecule has 0 bridgehead atoms. The normalized spacial score (nSPS) is 12.3. The van der Waals surface area contributed by atoms with E-state index in [1.165, 1.54) is 0 Å². The molecule has 2 aromatic carbocycles. The van der Waals surface area contributed by atoms with Crippen molar-refractivity contribution >= 4 is 29.5 Å². The van der Waals surface area contributed by atoms with Gasteiger partial charge in [-0.1, -0.05) is 59.8 Å². The smallest absolute Gasteiger partial charge is 0.303 e. The number of aryl methyl sites for hydroxylation is 1. The van der Waals surface area contributed by atoms with Crippen LogP contribution in [0.2, 0.25) is 0 Å². The second kappa shape index (κ2) is 14.4. The lowest BCUT2D eigenvalue weighted by atomic mass is 9.92. The molecule has 0 aliphatic carbocycles. The number of nitrogens with one attached hydrogen (secondary N) is 1. The Balaban J connectivity index is 1.58. The van der Waals surface area contributed by atoms with Crippen molar-refractivity contribution in [2.75, 3.05) is 0 Å². The summed E-state index contributed by atoms with van der Waals surface area (Å²) in [6.07, 6.45) is -0.857. The van der Waals surface area contributed by atoms with E-state index in [2.05, 4.69) is 10.5 Å². The fourth-order valence-corrected chi connectivity index (χ4v) is 4.16. The summed E-state index contributed by atoms with van der Waals surface area (Å²) in [5.74, 6) is -4.15. The molecule has 11 nitrogen and oxygen atoms in total. The van der Waals surface area contributed by atoms with Crippen LogP contribution >= 0.6 is 0 Å². The molecule has 3 amide bonds. The van der Waals surface area contributed by atoms with E-state index in [0.717, 1.165) is 16.7 Å². The molecule has 3 aromatic rings. The average molecular weight is 549 g/mol. The van der Waals surface area contributed by atoms with Crippen LogP contribution < -0.4 is 16.8 Å². The summed E-state index contributed by atoms with van der Waals surface area (Å²) in [5.41, 5.74) is 14.2. The molecule has 0 aliphatic rings. The lowest BCUT2D eigenvalue weighted by Crippen LogP contribution is -2.43. The monoisotopic (exact) mass is 548 g/mol. The predicted molar refractivity (Wildman–Crippen MR) is 145 cm³/mol. The van der Waals surface area contributed by atoms with Gasteiger partial charge in [-0.2, -0.15) is 0 Å². The van der Waals surface area contributed by atoms with Gasteiger partial charge in [0.05, 0.1) is 6.04 Å². The van der Waals surface area contributed by atoms with Crippen molar-refractivity contribution in [1.29, 1.82) is 0 Å². The quantitative estimate of drug-likeness (QED) is 0.209. The van der Waals surface area contributed by atoms with Crippen molar-refractivity contribution in [2.45, 2.75) is 51.0 Å². The largest absolute Gasteiger partial charge is 0.481 e. The Bertz CT molecular complexity index is 1340. The van der Waals surface area contributed by atoms with Crippen molar-refractivity contribution < 1.29 is 33.6 Å². The number of amides is 3. The highest BCUT2D eigenvalue weighted by Gasteiger charge is 2.27. The maximum atomic E-state index is 12.8. The molecule has 0 aliphatic heterocycles. The van der Waals surface area contributed by atoms with Crippen molar-refractivity contribution in [1.82, 2.24) is 10.5 Å². The number of ketones is 1. The van der Waals surface area contributed by atoms with Crippen LogP contribution in [0.3, 0.4) is 0 Å². The summed E-state index contributed by atoms with van der Waals surface area (Å²) in [5, 5.41) is 15.5. The molecule has 0 unspecified atom stereocenters. The van der Waals surface area contributed by atoms with Gasteiger partial charge in [0.25, 0.3) is 0 Å². The van der Waals surface area contributed by atoms with Crippen molar-refractivity contribution in [3.8, 4) is 22.4 Å². The molecule has 0 fully saturated rings. The highest BCUT2D eigenvalue weighted by molar-refractivity contribution is 5.92. The summed E-state index contributed by atoms with van der Waals surface area (Å²) in [6, 6.07) is 18.4. The second-order valence-electron chi connectivity index (χ2n) is 9.45. The summed E-state index contributed by atoms with van der Waals surface area (Å²) < 4.78 is 5.38. The number of carboxylic acid groups (broad SMARTS) is 1. The molecule has 0 spiro atoms. The second-order valence-corrected chi connectivity index (χ2v) is 9.45. The minimum atomic E-state index is -1.13. The van der Waals surface area contributed by atoms with E-state index >= 15 is 0 Å². The number of primary amides is 2. The van der Waals surface area contributed by atoms with Gasteiger partial charge in [-0.05, 0) is 24.0 Å². The third-order valence-electron chi connectivity index (χ3n) is 6.41. The molecular formula is C29H32N4O7. The topological polar surface area (TPSA) is 196 Å². The van der Waals surface area contributed by atoms with Gasteiger partial charge in [0.2, 0.25) is 17.7 Å². The van der Waals surface area contributed by atoms with Crippen molar-refractivity contribution in [3.05, 3.63) is 66.4 Å². The standard InChI is InChI=1S/C29H32N4O7/c30-26(35)13-12-23(25(34)16-21(29(31)39)10-15-28(37)38)32-27(36)14-11-22-17-24(33-40-22)20-8-6-19(7-9-20)18-4-2-1-3-5-18/h1-9,17,21,23H,10-16H2,(H2,30,35)(H2,31,39)(H,32,36)(H,37,38)/t21-,23+/m1/s1. The van der Waals surface area contributed by atoms with Crippen molar-refractivity contribution in [2.24, 2.45) is 17.4 Å². The Labute approximate surface area is 230 Å². The average Bonchev–Trinajstić information content (AvgIpc) is 3.41. The van der Waals surface area contributed by atoms with E-state index in [9.17, 15) is 24.0 Å². The zero-order valence-corrected chi connectivity index (χ0v) is 21.9. The molecule has 11 heteroatoms. The minimum absolute atomic E-state index is 0.0276. The SMILES string of the molecule is NC(=O)CC[C@H](NC(=O)CCc1cc(-c2ccc(-c3ccccc3)cc2)no1)C(=O)C[C@@H](CCC(=O)O)C(N)=O. The maximum Gasteiger partial charge on any atom is 0.303 e. The third-order valence-corrected chi connectivity index (χ3v) is 6.41. The van der Waals surface area contributed by atoms with E-state index in [4.69, 9.17) is 21.1 Å². The fourth-order valence-electron chi connectivity index (χ4n) is 4.16. The highest BCUT2D eigenvalue weighted by atomic mass is 16.5. The van der Waals surface area contributed by atoms with Crippen molar-refractivity contribution in [3.63, 3.8) is 0 Å². The molecule has 0 saturated carbocycles. The fraction of sp³-hybridized carbons (Fsp3) is 0.310. The molecule has 210 valence electrons. The number of carboxylic acids is 1. The number of benzene rings is 2. The first-order chi connectivity index (χ1) is 19.1. The molecule has 0 saturated heterocycles. The summed E-state index contributed by atoms with van der Waals surface area (Å²) in [4.78, 5) is 59.3. The number of nitrogens with two attached hydrogens (primary N) is 2. The molecule has 1 aromatic heterocycles. The summed E-state index contributed by atoms with van der Waals surface area (Å²) >= 11 is 0. The first-order valence-electron chi connectivity index (χ1n) is 12.8. The van der Waals surface area contributed by atoms with Crippen LogP contribution in [0.4, 0.5) is 0 Å². The van der Waals surface area contributed by atoms with Gasteiger partial charge in [-0.15, -0.1) is 0 Å². The molecule has 40 heavy (non-hydrogen) atoms. The summed E-state index contributed by atoms with van der Waals surface area (Å²) in [7, 11) is 0. The predicted octanol–water partition coefficient (Wildman–Crippen LogP) is 2.62. The number of aromatic nitrogens is 1. The van der Waals surface area contributed by atoms with Gasteiger partial charge < -0.3 is 26.4 Å². The Morgan fingerprint density at radius 1 is 0.850 bits per heavy atom. The minimum Gasteiger partial charge on any atom is -0.481 e. The van der Waals surface area contributed by atoms with Gasteiger partial charge >= 0.3 is 5.97 Å². The van der Waals surface area contributed by atoms with Crippen LogP contribution in [0.15, 0.2) is 65.2 Å². The lowest BCUT2D eigenvalue weighted by molar-refractivity contribution is -0.138. The molecule has 1 heterocycles. The molecule has 6 N–H and O–H groups in total. The summed E-state index contributed by atoms with van der Waals surface area (Å²) in [6.45, 7) is 0. The molecule has 3 rings (SSSR count). The van der Waals surface area contributed by atoms with Gasteiger partial charge in [0, 0.05) is 49.7 Å². The Morgan fingerprint density at radius 3 is 2.12 bits per heavy atom. The third kappa shape index (κ3) is 9.19. The number of hydrogen-bond acceptors (Lipinski definition) is 7. The van der Waals surface area contributed by atoms with E-state index < -0.39 is 41.4 Å². The van der Waals surface area contributed by atoms with Gasteiger partial charge in [0.1, 0.15) is 11.5 Å². The number of carbonyl (C=O) groups excluding carboxylic acids is 4. The Morgan fingerprint density at radius 2 is 1.50 bits per heavy atom. The van der Waals surface area contributed by atoms with E-state index in [0.29, 0.717) is 11.5 Å². The molecule has 2 atom stereocenters. The lowest BCUT2D eigenvalue weighted by Gasteiger charge is -2.19. The Kier molecular flexibility index (Phi) is 10.7. The van der Waals surface area contributed by atoms with E-state index in [1.54, 1.807) is 6.07 Å². The van der Waals surface area contributed by atoms with Crippen LogP contribution in [-0.2, 0) is 30.4 Å². The van der Waals surface area contributed by atoms with Gasteiger partial charge in [-0.3, -0.25) is 24.0 Å². The molecular weight excluding hydrogens is 516 g/mol. The van der Waals surface area contributed by atoms with E-state index in [1.807, 2.05) is 54.6 Å². The number of carbonyl (C=O) groups is 5. The number of rotatable bonds is 16. The van der Waals surface area contributed by atoms with E-state index in [-0.39, 0.29) is 44.9 Å². The van der Waals surface area contributed by atoms with Gasteiger partial charge in [-0.25, -0.2) is 0 Å². The number of Topliss-reactive ketones (excluding diaryl/α,β-unsaturated/α-hetero) is 1. The zero-order valence-electron chi connectivity index (χ0n) is 21.9. The first kappa shape index (κ1) is 29.8. The first-order valence-corrected chi connectivity index (χ1v) is 12.8.